The van der Waals surface area contributed by atoms with Crippen molar-refractivity contribution in [2.24, 2.45) is 0 Å². The van der Waals surface area contributed by atoms with Crippen LogP contribution in [0.2, 0.25) is 0 Å². The molecule has 1 aliphatic rings. The normalized spacial score (nSPS) is 14.1. The number of hydrogen-bond donors (Lipinski definition) is 2. The number of anilines is 3. The van der Waals surface area contributed by atoms with Crippen molar-refractivity contribution in [3.63, 3.8) is 0 Å². The van der Waals surface area contributed by atoms with Crippen LogP contribution in [0.1, 0.15) is 43.4 Å². The van der Waals surface area contributed by atoms with Gasteiger partial charge in [-0.05, 0) is 74.1 Å². The van der Waals surface area contributed by atoms with Gasteiger partial charge in [0.1, 0.15) is 0 Å². The van der Waals surface area contributed by atoms with Gasteiger partial charge in [0.25, 0.3) is 10.0 Å². The molecule has 10 heteroatoms. The zero-order chi connectivity index (χ0) is 23.7. The monoisotopic (exact) mass is 479 g/mol. The summed E-state index contributed by atoms with van der Waals surface area (Å²) in [5.74, 6) is -0.191. The third kappa shape index (κ3) is 5.07. The van der Waals surface area contributed by atoms with Gasteiger partial charge in [-0.3, -0.25) is 13.8 Å². The predicted molar refractivity (Wildman–Crippen MR) is 127 cm³/mol. The molecule has 3 rings (SSSR count). The summed E-state index contributed by atoms with van der Waals surface area (Å²) in [6.45, 7) is 7.05. The molecule has 0 atom stereocenters. The minimum Gasteiger partial charge on any atom is -0.326 e. The minimum atomic E-state index is -3.92. The number of carbonyl (C=O) groups is 1. The highest BCUT2D eigenvalue weighted by atomic mass is 32.2. The highest BCUT2D eigenvalue weighted by molar-refractivity contribution is 7.93. The molecule has 0 saturated carbocycles. The molecule has 174 valence electrons. The number of nitrogens with one attached hydrogen (secondary N) is 2. The fraction of sp³-hybridized carbons (Fsp3) is 0.409. The fourth-order valence-corrected chi connectivity index (χ4v) is 6.76. The van der Waals surface area contributed by atoms with Gasteiger partial charge < -0.3 is 5.32 Å². The Bertz CT molecular complexity index is 1230. The molecule has 0 saturated heterocycles. The molecule has 0 spiro atoms. The predicted octanol–water partition coefficient (Wildman–Crippen LogP) is 3.56. The van der Waals surface area contributed by atoms with Gasteiger partial charge in [-0.2, -0.15) is 0 Å². The van der Waals surface area contributed by atoms with Crippen LogP contribution in [0.4, 0.5) is 17.1 Å². The second kappa shape index (κ2) is 9.11. The second-order valence-corrected chi connectivity index (χ2v) is 11.7. The lowest BCUT2D eigenvalue weighted by Gasteiger charge is -2.31. The second-order valence-electron chi connectivity index (χ2n) is 8.05. The minimum absolute atomic E-state index is 0.0432. The number of fused-ring (bicyclic) bond motifs is 1. The number of amides is 1. The van der Waals surface area contributed by atoms with Crippen LogP contribution in [-0.4, -0.2) is 35.0 Å². The maximum absolute atomic E-state index is 13.1. The van der Waals surface area contributed by atoms with Gasteiger partial charge in [0.15, 0.2) is 0 Å². The van der Waals surface area contributed by atoms with Crippen LogP contribution in [-0.2, 0) is 31.3 Å². The molecule has 32 heavy (non-hydrogen) atoms. The number of carbonyl (C=O) groups excluding carboxylic acids is 1. The first-order valence-electron chi connectivity index (χ1n) is 10.5. The first-order valence-corrected chi connectivity index (χ1v) is 13.6. The zero-order valence-corrected chi connectivity index (χ0v) is 20.4. The first-order chi connectivity index (χ1) is 14.9. The smallest absolute Gasteiger partial charge is 0.261 e. The van der Waals surface area contributed by atoms with Crippen LogP contribution in [0.3, 0.4) is 0 Å². The van der Waals surface area contributed by atoms with Crippen molar-refractivity contribution in [1.29, 1.82) is 0 Å². The largest absolute Gasteiger partial charge is 0.326 e. The number of benzene rings is 2. The quantitative estimate of drug-likeness (QED) is 0.631. The van der Waals surface area contributed by atoms with Crippen molar-refractivity contribution in [1.82, 2.24) is 0 Å². The van der Waals surface area contributed by atoms with Crippen LogP contribution in [0.25, 0.3) is 0 Å². The lowest BCUT2D eigenvalue weighted by molar-refractivity contribution is -0.114. The van der Waals surface area contributed by atoms with Crippen LogP contribution >= 0.6 is 0 Å². The molecule has 0 unspecified atom stereocenters. The SMILES string of the molecule is CCCS(=O)(=O)N1CCCc2ccc(NS(=O)(=O)c3cc(C)c(NC(C)=O)c(C)c3)cc21. The molecule has 0 radical (unpaired) electrons. The number of aryl methyl sites for hydroxylation is 3. The summed E-state index contributed by atoms with van der Waals surface area (Å²) < 4.78 is 55.5. The van der Waals surface area contributed by atoms with Crippen molar-refractivity contribution in [3.05, 3.63) is 47.0 Å². The van der Waals surface area contributed by atoms with Gasteiger partial charge in [0.05, 0.1) is 22.0 Å². The third-order valence-electron chi connectivity index (χ3n) is 5.33. The zero-order valence-electron chi connectivity index (χ0n) is 18.7. The van der Waals surface area contributed by atoms with Crippen LogP contribution < -0.4 is 14.3 Å². The standard InChI is InChI=1S/C22H29N3O5S2/c1-5-11-31(27,28)25-10-6-7-18-8-9-19(14-21(18)25)24-32(29,30)20-12-15(2)22(16(3)13-20)23-17(4)26/h8-9,12-14,24H,5-7,10-11H2,1-4H3,(H,23,26). The average molecular weight is 480 g/mol. The van der Waals surface area contributed by atoms with Crippen molar-refractivity contribution in [2.75, 3.05) is 26.6 Å². The van der Waals surface area contributed by atoms with Gasteiger partial charge in [-0.25, -0.2) is 16.8 Å². The summed E-state index contributed by atoms with van der Waals surface area (Å²) in [7, 11) is -7.39. The molecule has 1 amide bonds. The molecule has 2 aromatic carbocycles. The van der Waals surface area contributed by atoms with Gasteiger partial charge in [0, 0.05) is 19.2 Å². The summed E-state index contributed by atoms with van der Waals surface area (Å²) >= 11 is 0. The highest BCUT2D eigenvalue weighted by Crippen LogP contribution is 2.33. The highest BCUT2D eigenvalue weighted by Gasteiger charge is 2.27. The van der Waals surface area contributed by atoms with E-state index in [0.29, 0.717) is 41.2 Å². The van der Waals surface area contributed by atoms with Gasteiger partial charge in [-0.1, -0.05) is 13.0 Å². The summed E-state index contributed by atoms with van der Waals surface area (Å²) in [5.41, 5.74) is 3.54. The molecule has 0 aliphatic carbocycles. The average Bonchev–Trinajstić information content (AvgIpc) is 2.69. The molecule has 1 heterocycles. The van der Waals surface area contributed by atoms with Gasteiger partial charge >= 0.3 is 0 Å². The Morgan fingerprint density at radius 2 is 1.72 bits per heavy atom. The number of rotatable bonds is 7. The van der Waals surface area contributed by atoms with E-state index in [0.717, 1.165) is 18.4 Å². The topological polar surface area (TPSA) is 113 Å². The Kier molecular flexibility index (Phi) is 6.85. The molecule has 1 aliphatic heterocycles. The van der Waals surface area contributed by atoms with Crippen LogP contribution in [0.15, 0.2) is 35.2 Å². The molecule has 0 bridgehead atoms. The molecule has 2 N–H and O–H groups in total. The summed E-state index contributed by atoms with van der Waals surface area (Å²) in [5, 5.41) is 2.72. The lowest BCUT2D eigenvalue weighted by Crippen LogP contribution is -2.37. The van der Waals surface area contributed by atoms with E-state index in [9.17, 15) is 21.6 Å². The van der Waals surface area contributed by atoms with Crippen LogP contribution in [0, 0.1) is 13.8 Å². The Balaban J connectivity index is 1.95. The summed E-state index contributed by atoms with van der Waals surface area (Å²) in [6.07, 6.45) is 1.97. The third-order valence-corrected chi connectivity index (χ3v) is 8.66. The van der Waals surface area contributed by atoms with E-state index >= 15 is 0 Å². The van der Waals surface area contributed by atoms with Gasteiger partial charge in [-0.15, -0.1) is 0 Å². The van der Waals surface area contributed by atoms with E-state index in [4.69, 9.17) is 0 Å². The number of sulfonamides is 2. The lowest BCUT2D eigenvalue weighted by atomic mass is 10.0. The molecular weight excluding hydrogens is 450 g/mol. The molecule has 0 aromatic heterocycles. The summed E-state index contributed by atoms with van der Waals surface area (Å²) in [6, 6.07) is 8.01. The Labute approximate surface area is 190 Å². The molecule has 2 aromatic rings. The fourth-order valence-electron chi connectivity index (χ4n) is 3.93. The maximum atomic E-state index is 13.1. The van der Waals surface area contributed by atoms with Crippen molar-refractivity contribution < 1.29 is 21.6 Å². The molecule has 0 fully saturated rings. The van der Waals surface area contributed by atoms with E-state index in [1.54, 1.807) is 32.0 Å². The van der Waals surface area contributed by atoms with E-state index in [-0.39, 0.29) is 16.6 Å². The van der Waals surface area contributed by atoms with E-state index in [2.05, 4.69) is 10.0 Å². The van der Waals surface area contributed by atoms with Crippen molar-refractivity contribution in [2.45, 2.75) is 51.9 Å². The van der Waals surface area contributed by atoms with Crippen molar-refractivity contribution >= 4 is 43.0 Å². The number of hydrogen-bond acceptors (Lipinski definition) is 5. The summed E-state index contributed by atoms with van der Waals surface area (Å²) in [4.78, 5) is 11.5. The van der Waals surface area contributed by atoms with E-state index < -0.39 is 20.0 Å². The van der Waals surface area contributed by atoms with E-state index in [1.165, 1.54) is 23.4 Å². The number of nitrogens with zero attached hydrogens (tertiary/aromatic N) is 1. The van der Waals surface area contributed by atoms with E-state index in [1.807, 2.05) is 6.92 Å². The molecular formula is C22H29N3O5S2. The first kappa shape index (κ1) is 24.1. The Morgan fingerprint density at radius 1 is 1.06 bits per heavy atom. The Hall–Kier alpha value is -2.59. The van der Waals surface area contributed by atoms with Crippen LogP contribution in [0.5, 0.6) is 0 Å². The maximum Gasteiger partial charge on any atom is 0.261 e. The van der Waals surface area contributed by atoms with Crippen molar-refractivity contribution in [3.8, 4) is 0 Å². The Morgan fingerprint density at radius 3 is 2.31 bits per heavy atom. The van der Waals surface area contributed by atoms with Gasteiger partial charge in [0.2, 0.25) is 15.9 Å². The molecule has 8 nitrogen and oxygen atoms in total.